The Kier molecular flexibility index (Phi) is 6.03. The predicted molar refractivity (Wildman–Crippen MR) is 140 cm³/mol. The first-order valence-electron chi connectivity index (χ1n) is 12.1. The number of nitrogens with one attached hydrogen (secondary N) is 1. The van der Waals surface area contributed by atoms with Crippen LogP contribution in [0.5, 0.6) is 0 Å². The smallest absolute Gasteiger partial charge is 0.225 e. The number of amides is 1. The minimum atomic E-state index is -0.298. The lowest BCUT2D eigenvalue weighted by Crippen LogP contribution is -2.43. The third-order valence-corrected chi connectivity index (χ3v) is 7.80. The van der Waals surface area contributed by atoms with Gasteiger partial charge in [0.1, 0.15) is 23.8 Å². The number of piperidine rings is 1. The van der Waals surface area contributed by atoms with Gasteiger partial charge >= 0.3 is 0 Å². The topological polar surface area (TPSA) is 75.9 Å². The molecule has 0 spiro atoms. The monoisotopic (exact) mass is 518 g/mol. The molecule has 4 heterocycles. The van der Waals surface area contributed by atoms with E-state index < -0.39 is 0 Å². The third kappa shape index (κ3) is 4.53. The maximum absolute atomic E-state index is 14.1. The predicted octanol–water partition coefficient (Wildman–Crippen LogP) is 5.15. The van der Waals surface area contributed by atoms with Crippen molar-refractivity contribution in [3.63, 3.8) is 0 Å². The first kappa shape index (κ1) is 23.5. The standard InChI is InChI=1S/C27H24F2N6OS/c1-16-4-6-19(10-22(16)28)35-13-21-25(33-35)31-15-32-26(21)34-8-2-3-18(12-34)27(36)30-11-17-5-7-24-20(9-17)23(29)14-37-24/h4-7,9-10,13-15,18H,2-3,8,11-12H2,1H3,(H,30,36). The molecule has 1 N–H and O–H groups in total. The molecule has 1 atom stereocenters. The van der Waals surface area contributed by atoms with Gasteiger partial charge in [0.25, 0.3) is 0 Å². The second-order valence-corrected chi connectivity index (χ2v) is 10.3. The zero-order valence-corrected chi connectivity index (χ0v) is 20.9. The summed E-state index contributed by atoms with van der Waals surface area (Å²) >= 11 is 1.37. The number of carbonyl (C=O) groups is 1. The van der Waals surface area contributed by atoms with Gasteiger partial charge in [-0.25, -0.2) is 23.4 Å². The molecule has 1 aliphatic heterocycles. The van der Waals surface area contributed by atoms with Gasteiger partial charge in [-0.3, -0.25) is 4.79 Å². The number of thiophene rings is 1. The number of carbonyl (C=O) groups excluding carboxylic acids is 1. The maximum atomic E-state index is 14.1. The van der Waals surface area contributed by atoms with Gasteiger partial charge in [0.15, 0.2) is 5.65 Å². The van der Waals surface area contributed by atoms with Crippen molar-refractivity contribution in [2.45, 2.75) is 26.3 Å². The summed E-state index contributed by atoms with van der Waals surface area (Å²) in [7, 11) is 0. The summed E-state index contributed by atoms with van der Waals surface area (Å²) in [5.74, 6) is -0.0650. The van der Waals surface area contributed by atoms with E-state index in [0.29, 0.717) is 41.2 Å². The average molecular weight is 519 g/mol. The van der Waals surface area contributed by atoms with Crippen molar-refractivity contribution in [1.82, 2.24) is 25.1 Å². The van der Waals surface area contributed by atoms with Gasteiger partial charge in [-0.15, -0.1) is 16.4 Å². The van der Waals surface area contributed by atoms with Crippen LogP contribution in [0.2, 0.25) is 0 Å². The highest BCUT2D eigenvalue weighted by Gasteiger charge is 2.28. The Hall–Kier alpha value is -3.92. The van der Waals surface area contributed by atoms with E-state index in [2.05, 4.69) is 25.3 Å². The van der Waals surface area contributed by atoms with Crippen molar-refractivity contribution >= 4 is 44.2 Å². The van der Waals surface area contributed by atoms with Crippen LogP contribution in [-0.2, 0) is 11.3 Å². The van der Waals surface area contributed by atoms with E-state index in [1.54, 1.807) is 29.9 Å². The van der Waals surface area contributed by atoms with Crippen molar-refractivity contribution in [3.8, 4) is 5.69 Å². The fraction of sp³-hybridized carbons (Fsp3) is 0.259. The lowest BCUT2D eigenvalue weighted by atomic mass is 9.97. The summed E-state index contributed by atoms with van der Waals surface area (Å²) < 4.78 is 30.6. The average Bonchev–Trinajstić information content (AvgIpc) is 3.52. The Bertz CT molecular complexity index is 1630. The van der Waals surface area contributed by atoms with E-state index >= 15 is 0 Å². The summed E-state index contributed by atoms with van der Waals surface area (Å²) in [6.45, 7) is 3.33. The highest BCUT2D eigenvalue weighted by molar-refractivity contribution is 7.17. The molecule has 1 saturated heterocycles. The molecule has 0 bridgehead atoms. The lowest BCUT2D eigenvalue weighted by molar-refractivity contribution is -0.125. The molecule has 1 amide bonds. The number of hydrogen-bond acceptors (Lipinski definition) is 6. The number of aromatic nitrogens is 4. The van der Waals surface area contributed by atoms with Crippen molar-refractivity contribution in [2.75, 3.05) is 18.0 Å². The normalized spacial score (nSPS) is 16.0. The molecule has 1 fully saturated rings. The number of halogens is 2. The molecule has 7 nitrogen and oxygen atoms in total. The van der Waals surface area contributed by atoms with E-state index in [0.717, 1.165) is 35.0 Å². The number of hydrogen-bond donors (Lipinski definition) is 1. The maximum Gasteiger partial charge on any atom is 0.225 e. The molecule has 1 aliphatic rings. The zero-order valence-electron chi connectivity index (χ0n) is 20.1. The van der Waals surface area contributed by atoms with Crippen LogP contribution < -0.4 is 10.2 Å². The van der Waals surface area contributed by atoms with Gasteiger partial charge in [-0.2, -0.15) is 0 Å². The van der Waals surface area contributed by atoms with Crippen LogP contribution >= 0.6 is 11.3 Å². The van der Waals surface area contributed by atoms with Crippen LogP contribution in [0.15, 0.2) is 54.3 Å². The van der Waals surface area contributed by atoms with Gasteiger partial charge in [0.05, 0.1) is 17.0 Å². The number of rotatable bonds is 5. The molecule has 3 aromatic heterocycles. The van der Waals surface area contributed by atoms with Gasteiger partial charge in [-0.1, -0.05) is 12.1 Å². The number of anilines is 1. The van der Waals surface area contributed by atoms with Crippen molar-refractivity contribution in [2.24, 2.45) is 5.92 Å². The fourth-order valence-electron chi connectivity index (χ4n) is 4.81. The molecule has 0 aliphatic carbocycles. The van der Waals surface area contributed by atoms with Crippen LogP contribution in [-0.4, -0.2) is 38.7 Å². The SMILES string of the molecule is Cc1ccc(-n2cc3c(N4CCCC(C(=O)NCc5ccc6scc(F)c6c5)C4)ncnc3n2)cc1F. The molecule has 10 heteroatoms. The van der Waals surface area contributed by atoms with Gasteiger partial charge < -0.3 is 10.2 Å². The van der Waals surface area contributed by atoms with Crippen LogP contribution in [0.3, 0.4) is 0 Å². The molecular weight excluding hydrogens is 494 g/mol. The van der Waals surface area contributed by atoms with Gasteiger partial charge in [-0.05, 0) is 55.2 Å². The van der Waals surface area contributed by atoms with E-state index in [9.17, 15) is 13.6 Å². The molecule has 2 aromatic carbocycles. The van der Waals surface area contributed by atoms with Crippen molar-refractivity contribution < 1.29 is 13.6 Å². The van der Waals surface area contributed by atoms with E-state index in [1.807, 2.05) is 18.2 Å². The summed E-state index contributed by atoms with van der Waals surface area (Å²) in [5, 5.41) is 10.4. The second-order valence-electron chi connectivity index (χ2n) is 9.36. The zero-order chi connectivity index (χ0) is 25.5. The van der Waals surface area contributed by atoms with Crippen LogP contribution in [0.1, 0.15) is 24.0 Å². The van der Waals surface area contributed by atoms with Gasteiger partial charge in [0.2, 0.25) is 5.91 Å². The number of aryl methyl sites for hydroxylation is 1. The fourth-order valence-corrected chi connectivity index (χ4v) is 5.59. The Labute approximate surface area is 215 Å². The summed E-state index contributed by atoms with van der Waals surface area (Å²) in [6.07, 6.45) is 4.88. The quantitative estimate of drug-likeness (QED) is 0.348. The number of fused-ring (bicyclic) bond motifs is 2. The van der Waals surface area contributed by atoms with Crippen LogP contribution in [0, 0.1) is 24.5 Å². The van der Waals surface area contributed by atoms with Crippen molar-refractivity contribution in [1.29, 1.82) is 0 Å². The third-order valence-electron chi connectivity index (χ3n) is 6.86. The Balaban J connectivity index is 1.18. The Morgan fingerprint density at radius 2 is 2.03 bits per heavy atom. The highest BCUT2D eigenvalue weighted by atomic mass is 32.1. The van der Waals surface area contributed by atoms with E-state index in [1.165, 1.54) is 29.1 Å². The first-order chi connectivity index (χ1) is 18.0. The molecule has 37 heavy (non-hydrogen) atoms. The summed E-state index contributed by atoms with van der Waals surface area (Å²) in [5.41, 5.74) is 2.54. The molecule has 5 aromatic rings. The first-order valence-corrected chi connectivity index (χ1v) is 13.0. The molecule has 6 rings (SSSR count). The largest absolute Gasteiger partial charge is 0.355 e. The molecule has 0 saturated carbocycles. The lowest BCUT2D eigenvalue weighted by Gasteiger charge is -2.33. The second kappa shape index (κ2) is 9.51. The van der Waals surface area contributed by atoms with Gasteiger partial charge in [0, 0.05) is 41.3 Å². The summed E-state index contributed by atoms with van der Waals surface area (Å²) in [4.78, 5) is 23.9. The minimum Gasteiger partial charge on any atom is -0.355 e. The van der Waals surface area contributed by atoms with E-state index in [-0.39, 0.29) is 23.5 Å². The van der Waals surface area contributed by atoms with E-state index in [4.69, 9.17) is 0 Å². The molecular formula is C27H24F2N6OS. The van der Waals surface area contributed by atoms with Crippen LogP contribution in [0.4, 0.5) is 14.6 Å². The van der Waals surface area contributed by atoms with Crippen LogP contribution in [0.25, 0.3) is 26.8 Å². The Morgan fingerprint density at radius 1 is 1.14 bits per heavy atom. The minimum absolute atomic E-state index is 0.0355. The summed E-state index contributed by atoms with van der Waals surface area (Å²) in [6, 6.07) is 10.6. The number of benzene rings is 2. The van der Waals surface area contributed by atoms with Crippen molar-refractivity contribution in [3.05, 3.63) is 77.1 Å². The highest BCUT2D eigenvalue weighted by Crippen LogP contribution is 2.29. The number of nitrogens with zero attached hydrogens (tertiary/aromatic N) is 5. The molecule has 1 unspecified atom stereocenters. The molecule has 0 radical (unpaired) electrons. The Morgan fingerprint density at radius 3 is 2.89 bits per heavy atom. The molecule has 188 valence electrons.